The number of hydrogen-bond donors (Lipinski definition) is 0. The lowest BCUT2D eigenvalue weighted by Gasteiger charge is -2.37. The van der Waals surface area contributed by atoms with Crippen LogP contribution in [-0.4, -0.2) is 58.5 Å². The van der Waals surface area contributed by atoms with Gasteiger partial charge in [-0.05, 0) is 88.1 Å². The number of aromatic nitrogens is 4. The van der Waals surface area contributed by atoms with Crippen LogP contribution in [0.4, 0.5) is 5.82 Å². The Labute approximate surface area is 195 Å². The summed E-state index contributed by atoms with van der Waals surface area (Å²) in [4.78, 5) is 11.8. The molecule has 1 aliphatic heterocycles. The van der Waals surface area contributed by atoms with Crippen LogP contribution in [0.5, 0.6) is 0 Å². The van der Waals surface area contributed by atoms with Crippen molar-refractivity contribution < 1.29 is 8.42 Å². The van der Waals surface area contributed by atoms with E-state index in [-0.39, 0.29) is 0 Å². The first-order chi connectivity index (χ1) is 15.7. The summed E-state index contributed by atoms with van der Waals surface area (Å²) in [6.45, 7) is 12.1. The minimum Gasteiger partial charge on any atom is -0.354 e. The molecule has 2 aromatic heterocycles. The van der Waals surface area contributed by atoms with Crippen LogP contribution in [0.2, 0.25) is 0 Å². The summed E-state index contributed by atoms with van der Waals surface area (Å²) in [5.74, 6) is 1.66. The fraction of sp³-hybridized carbons (Fsp3) is 0.542. The van der Waals surface area contributed by atoms with E-state index in [1.807, 2.05) is 32.2 Å². The first-order valence-corrected chi connectivity index (χ1v) is 13.2. The zero-order valence-electron chi connectivity index (χ0n) is 20.1. The van der Waals surface area contributed by atoms with Gasteiger partial charge in [-0.2, -0.15) is 18.9 Å². The van der Waals surface area contributed by atoms with Crippen molar-refractivity contribution in [1.82, 2.24) is 23.9 Å². The molecule has 0 spiro atoms. The molecule has 0 saturated carbocycles. The molecule has 9 heteroatoms. The summed E-state index contributed by atoms with van der Waals surface area (Å²) in [6, 6.07) is 0. The van der Waals surface area contributed by atoms with Crippen molar-refractivity contribution in [2.75, 3.05) is 31.1 Å². The highest BCUT2D eigenvalue weighted by Crippen LogP contribution is 2.34. The van der Waals surface area contributed by atoms with Gasteiger partial charge in [0.15, 0.2) is 0 Å². The molecule has 176 valence electrons. The van der Waals surface area contributed by atoms with Crippen molar-refractivity contribution in [2.24, 2.45) is 0 Å². The highest BCUT2D eigenvalue weighted by molar-refractivity contribution is 7.89. The molecule has 1 saturated heterocycles. The molecule has 0 bridgehead atoms. The van der Waals surface area contributed by atoms with Gasteiger partial charge in [-0.3, -0.25) is 0 Å². The molecular formula is C24H32N6O2S. The van der Waals surface area contributed by atoms with Crippen LogP contribution in [0.15, 0.2) is 11.2 Å². The van der Waals surface area contributed by atoms with Gasteiger partial charge >= 0.3 is 0 Å². The van der Waals surface area contributed by atoms with Crippen LogP contribution >= 0.6 is 0 Å². The molecule has 1 aliphatic carbocycles. The Morgan fingerprint density at radius 2 is 1.42 bits per heavy atom. The van der Waals surface area contributed by atoms with Gasteiger partial charge in [0.25, 0.3) is 5.78 Å². The summed E-state index contributed by atoms with van der Waals surface area (Å²) in [7, 11) is -3.58. The maximum atomic E-state index is 13.8. The molecule has 5 rings (SSSR count). The van der Waals surface area contributed by atoms with E-state index in [1.54, 1.807) is 10.6 Å². The van der Waals surface area contributed by atoms with Crippen LogP contribution in [-0.2, 0) is 22.9 Å². The summed E-state index contributed by atoms with van der Waals surface area (Å²) in [5.41, 5.74) is 7.39. The molecule has 0 N–H and O–H groups in total. The fourth-order valence-electron chi connectivity index (χ4n) is 5.41. The lowest BCUT2D eigenvalue weighted by atomic mass is 9.95. The standard InChI is InChI=1S/C24H32N6O2S/c1-15-16(2)18(4)22(19(5)17(15)3)33(31,32)29-12-10-28(11-13-29)23-20-8-6-7-9-21(20)27-24-25-14-26-30(23)24/h14H,6-13H2,1-5H3. The molecular weight excluding hydrogens is 436 g/mol. The molecule has 1 aromatic carbocycles. The van der Waals surface area contributed by atoms with Gasteiger partial charge in [-0.15, -0.1) is 0 Å². The van der Waals surface area contributed by atoms with Crippen LogP contribution in [0.25, 0.3) is 5.78 Å². The highest BCUT2D eigenvalue weighted by atomic mass is 32.2. The minimum absolute atomic E-state index is 0.445. The molecule has 0 radical (unpaired) electrons. The largest absolute Gasteiger partial charge is 0.354 e. The Balaban J connectivity index is 1.47. The highest BCUT2D eigenvalue weighted by Gasteiger charge is 2.34. The molecule has 2 aliphatic rings. The fourth-order valence-corrected chi connectivity index (χ4v) is 7.39. The Bertz CT molecular complexity index is 1320. The number of sulfonamides is 1. The second kappa shape index (κ2) is 8.06. The summed E-state index contributed by atoms with van der Waals surface area (Å²) < 4.78 is 31.0. The molecule has 0 amide bonds. The van der Waals surface area contributed by atoms with E-state index < -0.39 is 10.0 Å². The van der Waals surface area contributed by atoms with E-state index in [2.05, 4.69) is 21.9 Å². The van der Waals surface area contributed by atoms with E-state index in [1.165, 1.54) is 11.1 Å². The van der Waals surface area contributed by atoms with E-state index in [0.717, 1.165) is 59.4 Å². The quantitative estimate of drug-likeness (QED) is 0.588. The van der Waals surface area contributed by atoms with Gasteiger partial charge in [0.1, 0.15) is 12.1 Å². The molecule has 0 unspecified atom stereocenters. The first-order valence-electron chi connectivity index (χ1n) is 11.8. The van der Waals surface area contributed by atoms with Gasteiger partial charge in [0.2, 0.25) is 10.0 Å². The smallest absolute Gasteiger partial charge is 0.254 e. The number of fused-ring (bicyclic) bond motifs is 2. The SMILES string of the molecule is Cc1c(C)c(C)c(S(=O)(=O)N2CCN(c3c4c(nc5ncnn35)CCCC4)CC2)c(C)c1C. The average Bonchev–Trinajstić information content (AvgIpc) is 3.28. The number of aryl methyl sites for hydroxylation is 1. The summed E-state index contributed by atoms with van der Waals surface area (Å²) in [6.07, 6.45) is 5.77. The predicted octanol–water partition coefficient (Wildman–Crippen LogP) is 3.06. The summed E-state index contributed by atoms with van der Waals surface area (Å²) in [5, 5.41) is 4.44. The van der Waals surface area contributed by atoms with Gasteiger partial charge in [-0.1, -0.05) is 0 Å². The third-order valence-corrected chi connectivity index (χ3v) is 9.91. The molecule has 0 atom stereocenters. The third-order valence-electron chi connectivity index (χ3n) is 7.74. The number of rotatable bonds is 3. The normalized spacial score (nSPS) is 17.5. The van der Waals surface area contributed by atoms with Crippen molar-refractivity contribution in [2.45, 2.75) is 65.2 Å². The number of anilines is 1. The molecule has 33 heavy (non-hydrogen) atoms. The van der Waals surface area contributed by atoms with E-state index in [0.29, 0.717) is 36.9 Å². The number of piperazine rings is 1. The topological polar surface area (TPSA) is 83.7 Å². The van der Waals surface area contributed by atoms with Crippen molar-refractivity contribution in [3.8, 4) is 0 Å². The first kappa shape index (κ1) is 22.3. The van der Waals surface area contributed by atoms with Crippen LogP contribution in [0.3, 0.4) is 0 Å². The maximum absolute atomic E-state index is 13.8. The Morgan fingerprint density at radius 1 is 0.818 bits per heavy atom. The second-order valence-electron chi connectivity index (χ2n) is 9.38. The van der Waals surface area contributed by atoms with Crippen molar-refractivity contribution >= 4 is 21.6 Å². The van der Waals surface area contributed by atoms with E-state index in [9.17, 15) is 8.42 Å². The van der Waals surface area contributed by atoms with Crippen LogP contribution in [0.1, 0.15) is 51.9 Å². The van der Waals surface area contributed by atoms with Crippen molar-refractivity contribution in [3.05, 3.63) is 45.4 Å². The Hall–Kier alpha value is -2.52. The monoisotopic (exact) mass is 468 g/mol. The molecule has 8 nitrogen and oxygen atoms in total. The predicted molar refractivity (Wildman–Crippen MR) is 129 cm³/mol. The van der Waals surface area contributed by atoms with E-state index in [4.69, 9.17) is 4.98 Å². The van der Waals surface area contributed by atoms with Gasteiger partial charge in [-0.25, -0.2) is 13.4 Å². The van der Waals surface area contributed by atoms with Crippen LogP contribution in [0, 0.1) is 34.6 Å². The lowest BCUT2D eigenvalue weighted by Crippen LogP contribution is -2.49. The zero-order chi connectivity index (χ0) is 23.5. The molecule has 3 aromatic rings. The summed E-state index contributed by atoms with van der Waals surface area (Å²) >= 11 is 0. The van der Waals surface area contributed by atoms with Crippen molar-refractivity contribution in [1.29, 1.82) is 0 Å². The second-order valence-corrected chi connectivity index (χ2v) is 11.3. The Kier molecular flexibility index (Phi) is 5.44. The molecule has 1 fully saturated rings. The number of benzene rings is 1. The van der Waals surface area contributed by atoms with Crippen molar-refractivity contribution in [3.63, 3.8) is 0 Å². The third kappa shape index (κ3) is 3.44. The lowest BCUT2D eigenvalue weighted by molar-refractivity contribution is 0.381. The van der Waals surface area contributed by atoms with E-state index >= 15 is 0 Å². The maximum Gasteiger partial charge on any atom is 0.254 e. The van der Waals surface area contributed by atoms with Gasteiger partial charge in [0, 0.05) is 31.7 Å². The van der Waals surface area contributed by atoms with Gasteiger partial charge in [0.05, 0.1) is 10.6 Å². The zero-order valence-corrected chi connectivity index (χ0v) is 21.0. The number of nitrogens with zero attached hydrogens (tertiary/aromatic N) is 6. The van der Waals surface area contributed by atoms with Crippen LogP contribution < -0.4 is 4.90 Å². The molecule has 3 heterocycles. The van der Waals surface area contributed by atoms with Gasteiger partial charge < -0.3 is 4.90 Å². The average molecular weight is 469 g/mol. The minimum atomic E-state index is -3.58. The Morgan fingerprint density at radius 3 is 2.09 bits per heavy atom. The number of hydrogen-bond acceptors (Lipinski definition) is 6.